The maximum Gasteiger partial charge on any atom is 0.319 e. The average Bonchev–Trinajstić information content (AvgIpc) is 3.25. The van der Waals surface area contributed by atoms with Gasteiger partial charge in [-0.3, -0.25) is 14.5 Å². The number of rotatable bonds is 4. The van der Waals surface area contributed by atoms with Crippen LogP contribution in [-0.4, -0.2) is 35.8 Å². The molecule has 2 aliphatic carbocycles. The molecule has 2 N–H and O–H groups in total. The normalized spacial score (nSPS) is 29.9. The molecule has 2 fully saturated rings. The molecule has 4 rings (SSSR count). The second-order valence-corrected chi connectivity index (χ2v) is 6.57. The van der Waals surface area contributed by atoms with Gasteiger partial charge in [-0.05, 0) is 30.4 Å². The average molecular weight is 325 g/mol. The molecule has 1 aliphatic heterocycles. The fraction of sp³-hybridized carbons (Fsp3) is 0.389. The zero-order chi connectivity index (χ0) is 16.7. The standard InChI is InChI=1S/C18H19N3O3/c22-16-14-11-6-7-12(10-11)15(14)17(23)21(16)9-8-19-18(24)20-13-4-2-1-3-5-13/h1-7,11-12,14-15H,8-10H2,(H2,19,20,24)/t11-,12-,14-,15-/m0/s1. The summed E-state index contributed by atoms with van der Waals surface area (Å²) in [6.45, 7) is 0.477. The third-order valence-corrected chi connectivity index (χ3v) is 5.21. The van der Waals surface area contributed by atoms with Crippen LogP contribution in [0.25, 0.3) is 0 Å². The van der Waals surface area contributed by atoms with E-state index in [1.165, 1.54) is 4.90 Å². The summed E-state index contributed by atoms with van der Waals surface area (Å²) in [5.74, 6) is -0.0675. The quantitative estimate of drug-likeness (QED) is 0.652. The van der Waals surface area contributed by atoms with Crippen molar-refractivity contribution in [1.82, 2.24) is 10.2 Å². The first kappa shape index (κ1) is 14.9. The number of urea groups is 1. The van der Waals surface area contributed by atoms with Gasteiger partial charge in [0.2, 0.25) is 11.8 Å². The molecule has 0 aromatic heterocycles. The predicted octanol–water partition coefficient (Wildman–Crippen LogP) is 1.62. The van der Waals surface area contributed by atoms with Crippen LogP contribution < -0.4 is 10.6 Å². The highest BCUT2D eigenvalue weighted by Gasteiger charge is 2.58. The summed E-state index contributed by atoms with van der Waals surface area (Å²) < 4.78 is 0. The van der Waals surface area contributed by atoms with E-state index in [4.69, 9.17) is 0 Å². The molecule has 1 heterocycles. The molecule has 1 aromatic rings. The molecule has 124 valence electrons. The minimum atomic E-state index is -0.345. The third-order valence-electron chi connectivity index (χ3n) is 5.21. The van der Waals surface area contributed by atoms with Gasteiger partial charge >= 0.3 is 6.03 Å². The number of imide groups is 1. The van der Waals surface area contributed by atoms with Crippen molar-refractivity contribution in [2.24, 2.45) is 23.7 Å². The number of carbonyl (C=O) groups is 3. The highest BCUT2D eigenvalue weighted by molar-refractivity contribution is 6.06. The lowest BCUT2D eigenvalue weighted by Crippen LogP contribution is -2.40. The smallest absolute Gasteiger partial charge is 0.319 e. The lowest BCUT2D eigenvalue weighted by molar-refractivity contribution is -0.140. The topological polar surface area (TPSA) is 78.5 Å². The maximum absolute atomic E-state index is 12.5. The van der Waals surface area contributed by atoms with Crippen LogP contribution >= 0.6 is 0 Å². The van der Waals surface area contributed by atoms with Crippen molar-refractivity contribution in [1.29, 1.82) is 0 Å². The molecule has 2 bridgehead atoms. The van der Waals surface area contributed by atoms with E-state index in [0.29, 0.717) is 5.69 Å². The Morgan fingerprint density at radius 1 is 1.04 bits per heavy atom. The molecular formula is C18H19N3O3. The molecule has 0 unspecified atom stereocenters. The van der Waals surface area contributed by atoms with Gasteiger partial charge in [-0.1, -0.05) is 30.4 Å². The molecule has 6 heteroatoms. The molecule has 4 amide bonds. The number of likely N-dealkylation sites (tertiary alicyclic amines) is 1. The fourth-order valence-electron chi connectivity index (χ4n) is 4.16. The molecule has 1 saturated heterocycles. The number of nitrogens with zero attached hydrogens (tertiary/aromatic N) is 1. The number of hydrogen-bond acceptors (Lipinski definition) is 3. The Bertz CT molecular complexity index is 685. The number of para-hydroxylation sites is 1. The first-order valence-electron chi connectivity index (χ1n) is 8.28. The summed E-state index contributed by atoms with van der Waals surface area (Å²) >= 11 is 0. The van der Waals surface area contributed by atoms with Crippen molar-refractivity contribution in [2.45, 2.75) is 6.42 Å². The fourth-order valence-corrected chi connectivity index (χ4v) is 4.16. The number of carbonyl (C=O) groups excluding carboxylic acids is 3. The minimum absolute atomic E-state index is 0.0767. The number of anilines is 1. The first-order valence-corrected chi connectivity index (χ1v) is 8.28. The van der Waals surface area contributed by atoms with Crippen LogP contribution in [-0.2, 0) is 9.59 Å². The summed E-state index contributed by atoms with van der Waals surface area (Å²) in [6, 6.07) is 8.76. The van der Waals surface area contributed by atoms with Gasteiger partial charge in [-0.15, -0.1) is 0 Å². The van der Waals surface area contributed by atoms with Crippen molar-refractivity contribution >= 4 is 23.5 Å². The Morgan fingerprint density at radius 2 is 1.67 bits per heavy atom. The van der Waals surface area contributed by atoms with Crippen LogP contribution in [0, 0.1) is 23.7 Å². The third kappa shape index (κ3) is 2.38. The van der Waals surface area contributed by atoms with E-state index < -0.39 is 0 Å². The van der Waals surface area contributed by atoms with Gasteiger partial charge in [0, 0.05) is 18.8 Å². The van der Waals surface area contributed by atoms with Crippen LogP contribution in [0.4, 0.5) is 10.5 Å². The maximum atomic E-state index is 12.5. The number of benzene rings is 1. The molecule has 4 atom stereocenters. The summed E-state index contributed by atoms with van der Waals surface area (Å²) in [5, 5.41) is 5.40. The van der Waals surface area contributed by atoms with E-state index in [-0.39, 0.29) is 54.6 Å². The van der Waals surface area contributed by atoms with E-state index in [2.05, 4.69) is 22.8 Å². The van der Waals surface area contributed by atoms with Gasteiger partial charge in [0.15, 0.2) is 0 Å². The van der Waals surface area contributed by atoms with Gasteiger partial charge in [0.05, 0.1) is 11.8 Å². The zero-order valence-corrected chi connectivity index (χ0v) is 13.1. The van der Waals surface area contributed by atoms with E-state index in [9.17, 15) is 14.4 Å². The SMILES string of the molecule is O=C(NCCN1C(=O)[C@@H]2[C@@H](C1=O)[C@H]1C=C[C@H]2C1)Nc1ccccc1. The summed E-state index contributed by atoms with van der Waals surface area (Å²) in [5.41, 5.74) is 0.695. The Labute approximate surface area is 139 Å². The van der Waals surface area contributed by atoms with Crippen LogP contribution in [0.5, 0.6) is 0 Å². The second-order valence-electron chi connectivity index (χ2n) is 6.57. The zero-order valence-electron chi connectivity index (χ0n) is 13.1. The highest BCUT2D eigenvalue weighted by Crippen LogP contribution is 2.52. The lowest BCUT2D eigenvalue weighted by Gasteiger charge is -2.17. The molecule has 6 nitrogen and oxygen atoms in total. The molecular weight excluding hydrogens is 306 g/mol. The summed E-state index contributed by atoms with van der Waals surface area (Å²) in [7, 11) is 0. The van der Waals surface area contributed by atoms with Gasteiger partial charge < -0.3 is 10.6 Å². The van der Waals surface area contributed by atoms with Crippen molar-refractivity contribution in [3.05, 3.63) is 42.5 Å². The van der Waals surface area contributed by atoms with Crippen molar-refractivity contribution in [2.75, 3.05) is 18.4 Å². The predicted molar refractivity (Wildman–Crippen MR) is 87.9 cm³/mol. The number of amides is 4. The molecule has 3 aliphatic rings. The molecule has 0 spiro atoms. The van der Waals surface area contributed by atoms with Crippen LogP contribution in [0.2, 0.25) is 0 Å². The largest absolute Gasteiger partial charge is 0.336 e. The highest BCUT2D eigenvalue weighted by atomic mass is 16.2. The van der Waals surface area contributed by atoms with E-state index in [1.807, 2.05) is 18.2 Å². The molecule has 1 aromatic carbocycles. The van der Waals surface area contributed by atoms with Gasteiger partial charge in [0.1, 0.15) is 0 Å². The summed E-state index contributed by atoms with van der Waals surface area (Å²) in [6.07, 6.45) is 5.08. The van der Waals surface area contributed by atoms with E-state index >= 15 is 0 Å². The Hall–Kier alpha value is -2.63. The van der Waals surface area contributed by atoms with Crippen LogP contribution in [0.3, 0.4) is 0 Å². The van der Waals surface area contributed by atoms with Gasteiger partial charge in [0.25, 0.3) is 0 Å². The lowest BCUT2D eigenvalue weighted by atomic mass is 9.85. The molecule has 24 heavy (non-hydrogen) atoms. The second kappa shape index (κ2) is 5.78. The van der Waals surface area contributed by atoms with Crippen molar-refractivity contribution < 1.29 is 14.4 Å². The van der Waals surface area contributed by atoms with Crippen LogP contribution in [0.15, 0.2) is 42.5 Å². The molecule has 0 radical (unpaired) electrons. The van der Waals surface area contributed by atoms with E-state index in [0.717, 1.165) is 6.42 Å². The number of hydrogen-bond donors (Lipinski definition) is 2. The van der Waals surface area contributed by atoms with Gasteiger partial charge in [-0.2, -0.15) is 0 Å². The van der Waals surface area contributed by atoms with Gasteiger partial charge in [-0.25, -0.2) is 4.79 Å². The minimum Gasteiger partial charge on any atom is -0.336 e. The molecule has 1 saturated carbocycles. The summed E-state index contributed by atoms with van der Waals surface area (Å²) in [4.78, 5) is 38.2. The van der Waals surface area contributed by atoms with E-state index in [1.54, 1.807) is 12.1 Å². The Balaban J connectivity index is 1.30. The van der Waals surface area contributed by atoms with Crippen molar-refractivity contribution in [3.63, 3.8) is 0 Å². The number of nitrogens with one attached hydrogen (secondary N) is 2. The van der Waals surface area contributed by atoms with Crippen molar-refractivity contribution in [3.8, 4) is 0 Å². The Morgan fingerprint density at radius 3 is 2.29 bits per heavy atom. The Kier molecular flexibility index (Phi) is 3.59. The van der Waals surface area contributed by atoms with Crippen LogP contribution in [0.1, 0.15) is 6.42 Å². The monoisotopic (exact) mass is 325 g/mol. The first-order chi connectivity index (χ1) is 11.6. The number of allylic oxidation sites excluding steroid dienone is 2. The number of fused-ring (bicyclic) bond motifs is 5.